The molecule has 0 aliphatic carbocycles. The van der Waals surface area contributed by atoms with Crippen molar-refractivity contribution >= 4 is 23.2 Å². The number of piperidine rings is 1. The second-order valence-corrected chi connectivity index (χ2v) is 6.68. The molecule has 1 aromatic heterocycles. The molecule has 20 heavy (non-hydrogen) atoms. The molecule has 1 aliphatic heterocycles. The highest BCUT2D eigenvalue weighted by Gasteiger charge is 2.31. The Labute approximate surface area is 123 Å². The first-order valence-corrected chi connectivity index (χ1v) is 7.97. The van der Waals surface area contributed by atoms with Crippen LogP contribution in [-0.4, -0.2) is 34.5 Å². The Balaban J connectivity index is 1.82. The summed E-state index contributed by atoms with van der Waals surface area (Å²) in [7, 11) is 0. The first-order chi connectivity index (χ1) is 9.58. The molecule has 0 saturated carbocycles. The van der Waals surface area contributed by atoms with Gasteiger partial charge in [0.05, 0.1) is 0 Å². The molecule has 0 aromatic carbocycles. The zero-order valence-electron chi connectivity index (χ0n) is 11.8. The number of likely N-dealkylation sites (tertiary alicyclic amines) is 1. The Kier molecular flexibility index (Phi) is 5.17. The lowest BCUT2D eigenvalue weighted by atomic mass is 10.0. The van der Waals surface area contributed by atoms with Crippen LogP contribution in [0.25, 0.3) is 0 Å². The van der Waals surface area contributed by atoms with Crippen LogP contribution in [0, 0.1) is 6.92 Å². The summed E-state index contributed by atoms with van der Waals surface area (Å²) in [5.41, 5.74) is 0. The molecule has 5 heteroatoms. The van der Waals surface area contributed by atoms with E-state index in [4.69, 9.17) is 0 Å². The Bertz CT molecular complexity index is 483. The second-order valence-electron chi connectivity index (χ2n) is 5.30. The van der Waals surface area contributed by atoms with Crippen molar-refractivity contribution in [3.8, 4) is 0 Å². The molecular formula is C15H21NO3S. The Morgan fingerprint density at radius 2 is 2.20 bits per heavy atom. The molecule has 0 spiro atoms. The largest absolute Gasteiger partial charge is 0.480 e. The van der Waals surface area contributed by atoms with E-state index >= 15 is 0 Å². The minimum Gasteiger partial charge on any atom is -0.480 e. The summed E-state index contributed by atoms with van der Waals surface area (Å²) in [6.45, 7) is 2.67. The fourth-order valence-corrected chi connectivity index (χ4v) is 3.60. The van der Waals surface area contributed by atoms with Gasteiger partial charge in [0.25, 0.3) is 0 Å². The molecule has 4 nitrogen and oxygen atoms in total. The van der Waals surface area contributed by atoms with Crippen molar-refractivity contribution in [1.29, 1.82) is 0 Å². The van der Waals surface area contributed by atoms with Gasteiger partial charge in [-0.1, -0.05) is 0 Å². The number of rotatable bonds is 5. The molecule has 110 valence electrons. The number of hydrogen-bond donors (Lipinski definition) is 1. The predicted octanol–water partition coefficient (Wildman–Crippen LogP) is 2.84. The number of carbonyl (C=O) groups excluding carboxylic acids is 1. The molecule has 1 saturated heterocycles. The van der Waals surface area contributed by atoms with Crippen LogP contribution in [0.5, 0.6) is 0 Å². The Morgan fingerprint density at radius 1 is 1.40 bits per heavy atom. The molecule has 2 rings (SSSR count). The standard InChI is InChI=1S/C15H21NO3S/c1-11-8-9-12(20-11)5-4-7-14(17)16-10-3-2-6-13(16)15(18)19/h8-9,13H,2-7,10H2,1H3,(H,18,19)/t13-/m0/s1. The zero-order chi connectivity index (χ0) is 14.5. The van der Waals surface area contributed by atoms with Crippen LogP contribution in [-0.2, 0) is 16.0 Å². The summed E-state index contributed by atoms with van der Waals surface area (Å²) in [6.07, 6.45) is 4.54. The molecule has 0 unspecified atom stereocenters. The zero-order valence-corrected chi connectivity index (χ0v) is 12.6. The fourth-order valence-electron chi connectivity index (χ4n) is 2.66. The number of nitrogens with zero attached hydrogens (tertiary/aromatic N) is 1. The maximum atomic E-state index is 12.2. The number of aryl methyl sites for hydroxylation is 2. The van der Waals surface area contributed by atoms with Crippen LogP contribution in [0.4, 0.5) is 0 Å². The van der Waals surface area contributed by atoms with E-state index in [0.29, 0.717) is 19.4 Å². The number of carboxylic acids is 1. The summed E-state index contributed by atoms with van der Waals surface area (Å²) in [5, 5.41) is 9.17. The molecule has 1 fully saturated rings. The van der Waals surface area contributed by atoms with Crippen LogP contribution in [0.2, 0.25) is 0 Å². The van der Waals surface area contributed by atoms with E-state index < -0.39 is 12.0 Å². The maximum absolute atomic E-state index is 12.2. The van der Waals surface area contributed by atoms with Crippen molar-refractivity contribution < 1.29 is 14.7 Å². The lowest BCUT2D eigenvalue weighted by Gasteiger charge is -2.33. The summed E-state index contributed by atoms with van der Waals surface area (Å²) < 4.78 is 0. The van der Waals surface area contributed by atoms with Gasteiger partial charge in [-0.05, 0) is 51.2 Å². The molecular weight excluding hydrogens is 274 g/mol. The van der Waals surface area contributed by atoms with Gasteiger partial charge in [0.1, 0.15) is 6.04 Å². The lowest BCUT2D eigenvalue weighted by Crippen LogP contribution is -2.47. The van der Waals surface area contributed by atoms with Gasteiger partial charge in [-0.25, -0.2) is 4.79 Å². The number of aliphatic carboxylic acids is 1. The number of carbonyl (C=O) groups is 2. The van der Waals surface area contributed by atoms with Crippen molar-refractivity contribution in [2.75, 3.05) is 6.54 Å². The van der Waals surface area contributed by atoms with Crippen LogP contribution < -0.4 is 0 Å². The average molecular weight is 295 g/mol. The van der Waals surface area contributed by atoms with Crippen molar-refractivity contribution in [1.82, 2.24) is 4.90 Å². The van der Waals surface area contributed by atoms with Gasteiger partial charge >= 0.3 is 5.97 Å². The average Bonchev–Trinajstić information content (AvgIpc) is 2.84. The summed E-state index contributed by atoms with van der Waals surface area (Å²) in [4.78, 5) is 27.5. The van der Waals surface area contributed by atoms with Crippen molar-refractivity contribution in [3.63, 3.8) is 0 Å². The monoisotopic (exact) mass is 295 g/mol. The molecule has 1 atom stereocenters. The number of amides is 1. The highest BCUT2D eigenvalue weighted by molar-refractivity contribution is 7.11. The van der Waals surface area contributed by atoms with E-state index in [2.05, 4.69) is 19.1 Å². The van der Waals surface area contributed by atoms with E-state index in [0.717, 1.165) is 25.7 Å². The third-order valence-corrected chi connectivity index (χ3v) is 4.78. The third kappa shape index (κ3) is 3.82. The first-order valence-electron chi connectivity index (χ1n) is 7.15. The first kappa shape index (κ1) is 15.0. The lowest BCUT2D eigenvalue weighted by molar-refractivity contribution is -0.152. The highest BCUT2D eigenvalue weighted by Crippen LogP contribution is 2.20. The molecule has 1 amide bonds. The minimum absolute atomic E-state index is 0.00891. The van der Waals surface area contributed by atoms with Crippen molar-refractivity contribution in [3.05, 3.63) is 21.9 Å². The van der Waals surface area contributed by atoms with Gasteiger partial charge in [0.15, 0.2) is 0 Å². The molecule has 0 radical (unpaired) electrons. The van der Waals surface area contributed by atoms with Gasteiger partial charge in [0.2, 0.25) is 5.91 Å². The van der Waals surface area contributed by atoms with Crippen molar-refractivity contribution in [2.24, 2.45) is 0 Å². The van der Waals surface area contributed by atoms with Gasteiger partial charge in [0, 0.05) is 22.7 Å². The maximum Gasteiger partial charge on any atom is 0.326 e. The third-order valence-electron chi connectivity index (χ3n) is 3.72. The molecule has 0 bridgehead atoms. The SMILES string of the molecule is Cc1ccc(CCCC(=O)N2CCCC[C@H]2C(=O)O)s1. The number of thiophene rings is 1. The number of carboxylic acid groups (broad SMARTS) is 1. The van der Waals surface area contributed by atoms with E-state index in [1.807, 2.05) is 0 Å². The highest BCUT2D eigenvalue weighted by atomic mass is 32.1. The smallest absolute Gasteiger partial charge is 0.326 e. The van der Waals surface area contributed by atoms with Gasteiger partial charge in [-0.2, -0.15) is 0 Å². The van der Waals surface area contributed by atoms with E-state index in [1.165, 1.54) is 9.75 Å². The molecule has 1 aliphatic rings. The summed E-state index contributed by atoms with van der Waals surface area (Å²) in [6, 6.07) is 3.58. The molecule has 1 N–H and O–H groups in total. The van der Waals surface area contributed by atoms with E-state index in [-0.39, 0.29) is 5.91 Å². The number of hydrogen-bond acceptors (Lipinski definition) is 3. The van der Waals surface area contributed by atoms with E-state index in [1.54, 1.807) is 16.2 Å². The predicted molar refractivity (Wildman–Crippen MR) is 79.0 cm³/mol. The van der Waals surface area contributed by atoms with Gasteiger partial charge in [-0.3, -0.25) is 4.79 Å². The summed E-state index contributed by atoms with van der Waals surface area (Å²) in [5.74, 6) is -0.877. The Hall–Kier alpha value is -1.36. The summed E-state index contributed by atoms with van der Waals surface area (Å²) >= 11 is 1.76. The normalized spacial score (nSPS) is 19.1. The molecule has 2 heterocycles. The molecule has 1 aromatic rings. The quantitative estimate of drug-likeness (QED) is 0.908. The van der Waals surface area contributed by atoms with Gasteiger partial charge in [-0.15, -0.1) is 11.3 Å². The van der Waals surface area contributed by atoms with Crippen LogP contribution in [0.3, 0.4) is 0 Å². The second kappa shape index (κ2) is 6.88. The van der Waals surface area contributed by atoms with E-state index in [9.17, 15) is 14.7 Å². The van der Waals surface area contributed by atoms with Crippen LogP contribution in [0.1, 0.15) is 41.9 Å². The van der Waals surface area contributed by atoms with Gasteiger partial charge < -0.3 is 10.0 Å². The Morgan fingerprint density at radius 3 is 2.85 bits per heavy atom. The topological polar surface area (TPSA) is 57.6 Å². The van der Waals surface area contributed by atoms with Crippen LogP contribution >= 0.6 is 11.3 Å². The minimum atomic E-state index is -0.869. The fraction of sp³-hybridized carbons (Fsp3) is 0.600. The van der Waals surface area contributed by atoms with Crippen LogP contribution in [0.15, 0.2) is 12.1 Å². The van der Waals surface area contributed by atoms with Crippen molar-refractivity contribution in [2.45, 2.75) is 51.5 Å².